The molecule has 4 heteroatoms. The molecule has 1 saturated heterocycles. The molecule has 0 saturated carbocycles. The summed E-state index contributed by atoms with van der Waals surface area (Å²) in [6.07, 6.45) is 2.06. The fourth-order valence-corrected chi connectivity index (χ4v) is 1.72. The monoisotopic (exact) mass is 199 g/mol. The molecule has 2 N–H and O–H groups in total. The average molecular weight is 199 g/mol. The van der Waals surface area contributed by atoms with E-state index < -0.39 is 0 Å². The molecule has 1 rings (SSSR count). The van der Waals surface area contributed by atoms with E-state index in [-0.39, 0.29) is 11.6 Å². The first-order chi connectivity index (χ1) is 6.61. The van der Waals surface area contributed by atoms with Gasteiger partial charge in [0, 0.05) is 25.2 Å². The first kappa shape index (κ1) is 11.3. The van der Waals surface area contributed by atoms with Crippen LogP contribution in [0.25, 0.3) is 0 Å². The molecule has 0 radical (unpaired) electrons. The van der Waals surface area contributed by atoms with Gasteiger partial charge in [0.05, 0.1) is 0 Å². The van der Waals surface area contributed by atoms with Gasteiger partial charge in [-0.25, -0.2) is 4.79 Å². The van der Waals surface area contributed by atoms with Gasteiger partial charge in [-0.15, -0.1) is 0 Å². The number of nitrogens with zero attached hydrogens (tertiary/aromatic N) is 1. The zero-order chi connectivity index (χ0) is 10.6. The Morgan fingerprint density at radius 2 is 2.00 bits per heavy atom. The Labute approximate surface area is 86.0 Å². The van der Waals surface area contributed by atoms with Crippen molar-refractivity contribution in [2.75, 3.05) is 26.7 Å². The molecule has 0 unspecified atom stereocenters. The van der Waals surface area contributed by atoms with Crippen LogP contribution in [-0.4, -0.2) is 43.2 Å². The van der Waals surface area contributed by atoms with Crippen molar-refractivity contribution < 1.29 is 4.79 Å². The summed E-state index contributed by atoms with van der Waals surface area (Å²) in [6.45, 7) is 6.56. The minimum atomic E-state index is 0.0747. The standard InChI is InChI=1S/C10H21N3O/c1-4-12-9(14)13-7-5-10(2,11-3)6-8-13/h11H,4-8H2,1-3H3,(H,12,14). The van der Waals surface area contributed by atoms with E-state index in [4.69, 9.17) is 0 Å². The van der Waals surface area contributed by atoms with Crippen LogP contribution < -0.4 is 10.6 Å². The first-order valence-corrected chi connectivity index (χ1v) is 5.33. The highest BCUT2D eigenvalue weighted by Gasteiger charge is 2.29. The molecule has 0 aromatic rings. The molecule has 1 fully saturated rings. The number of amides is 2. The van der Waals surface area contributed by atoms with E-state index in [1.807, 2.05) is 18.9 Å². The molecular weight excluding hydrogens is 178 g/mol. The van der Waals surface area contributed by atoms with Crippen molar-refractivity contribution in [3.63, 3.8) is 0 Å². The molecule has 0 spiro atoms. The van der Waals surface area contributed by atoms with Crippen molar-refractivity contribution in [2.45, 2.75) is 32.2 Å². The smallest absolute Gasteiger partial charge is 0.317 e. The van der Waals surface area contributed by atoms with Gasteiger partial charge in [-0.1, -0.05) is 0 Å². The minimum Gasteiger partial charge on any atom is -0.338 e. The summed E-state index contributed by atoms with van der Waals surface area (Å²) in [7, 11) is 1.99. The molecule has 82 valence electrons. The van der Waals surface area contributed by atoms with E-state index in [1.165, 1.54) is 0 Å². The van der Waals surface area contributed by atoms with Crippen molar-refractivity contribution >= 4 is 6.03 Å². The summed E-state index contributed by atoms with van der Waals surface area (Å²) in [5.41, 5.74) is 0.211. The normalized spacial score (nSPS) is 20.6. The highest BCUT2D eigenvalue weighted by molar-refractivity contribution is 5.74. The summed E-state index contributed by atoms with van der Waals surface area (Å²) in [4.78, 5) is 13.4. The van der Waals surface area contributed by atoms with Gasteiger partial charge in [-0.2, -0.15) is 0 Å². The largest absolute Gasteiger partial charge is 0.338 e. The fourth-order valence-electron chi connectivity index (χ4n) is 1.72. The predicted octanol–water partition coefficient (Wildman–Crippen LogP) is 0.790. The van der Waals surface area contributed by atoms with Crippen LogP contribution in [0, 0.1) is 0 Å². The second kappa shape index (κ2) is 4.64. The number of rotatable bonds is 2. The van der Waals surface area contributed by atoms with Crippen molar-refractivity contribution in [1.82, 2.24) is 15.5 Å². The van der Waals surface area contributed by atoms with Crippen molar-refractivity contribution in [3.05, 3.63) is 0 Å². The van der Waals surface area contributed by atoms with E-state index >= 15 is 0 Å². The molecule has 0 aliphatic carbocycles. The van der Waals surface area contributed by atoms with E-state index in [0.29, 0.717) is 6.54 Å². The number of carbonyl (C=O) groups is 1. The molecule has 1 heterocycles. The van der Waals surface area contributed by atoms with E-state index in [2.05, 4.69) is 17.6 Å². The summed E-state index contributed by atoms with van der Waals surface area (Å²) in [5, 5.41) is 6.14. The SMILES string of the molecule is CCNC(=O)N1CCC(C)(NC)CC1. The maximum absolute atomic E-state index is 11.5. The van der Waals surface area contributed by atoms with Gasteiger partial charge in [0.2, 0.25) is 0 Å². The predicted molar refractivity (Wildman–Crippen MR) is 57.3 cm³/mol. The molecule has 0 bridgehead atoms. The third-order valence-corrected chi connectivity index (χ3v) is 3.09. The van der Waals surface area contributed by atoms with Crippen LogP contribution in [0.1, 0.15) is 26.7 Å². The molecule has 2 amide bonds. The summed E-state index contributed by atoms with van der Waals surface area (Å²) in [5.74, 6) is 0. The summed E-state index contributed by atoms with van der Waals surface area (Å²) < 4.78 is 0. The molecule has 14 heavy (non-hydrogen) atoms. The molecule has 1 aliphatic heterocycles. The Morgan fingerprint density at radius 3 is 2.43 bits per heavy atom. The third-order valence-electron chi connectivity index (χ3n) is 3.09. The van der Waals surface area contributed by atoms with E-state index in [9.17, 15) is 4.79 Å². The number of urea groups is 1. The van der Waals surface area contributed by atoms with Gasteiger partial charge in [0.15, 0.2) is 0 Å². The van der Waals surface area contributed by atoms with Crippen molar-refractivity contribution in [3.8, 4) is 0 Å². The van der Waals surface area contributed by atoms with Crippen LogP contribution in [0.5, 0.6) is 0 Å². The van der Waals surface area contributed by atoms with Crippen LogP contribution in [0.4, 0.5) is 4.79 Å². The lowest BCUT2D eigenvalue weighted by atomic mass is 9.90. The Balaban J connectivity index is 2.39. The third kappa shape index (κ3) is 2.61. The average Bonchev–Trinajstić information content (AvgIpc) is 2.19. The van der Waals surface area contributed by atoms with Gasteiger partial charge >= 0.3 is 6.03 Å². The second-order valence-electron chi connectivity index (χ2n) is 4.13. The Bertz CT molecular complexity index is 198. The summed E-state index contributed by atoms with van der Waals surface area (Å²) >= 11 is 0. The maximum Gasteiger partial charge on any atom is 0.317 e. The number of piperidine rings is 1. The highest BCUT2D eigenvalue weighted by Crippen LogP contribution is 2.20. The minimum absolute atomic E-state index is 0.0747. The van der Waals surface area contributed by atoms with Crippen molar-refractivity contribution in [1.29, 1.82) is 0 Å². The highest BCUT2D eigenvalue weighted by atomic mass is 16.2. The molecule has 4 nitrogen and oxygen atoms in total. The van der Waals surface area contributed by atoms with Crippen LogP contribution in [0.15, 0.2) is 0 Å². The second-order valence-corrected chi connectivity index (χ2v) is 4.13. The Hall–Kier alpha value is -0.770. The molecule has 1 aliphatic rings. The Kier molecular flexibility index (Phi) is 3.75. The van der Waals surface area contributed by atoms with Gasteiger partial charge in [-0.3, -0.25) is 0 Å². The molecule has 0 aromatic carbocycles. The van der Waals surface area contributed by atoms with Gasteiger partial charge < -0.3 is 15.5 Å². The summed E-state index contributed by atoms with van der Waals surface area (Å²) in [6, 6.07) is 0.0747. The lowest BCUT2D eigenvalue weighted by molar-refractivity contribution is 0.154. The van der Waals surface area contributed by atoms with E-state index in [1.54, 1.807) is 0 Å². The van der Waals surface area contributed by atoms with Gasteiger partial charge in [0.1, 0.15) is 0 Å². The molecule has 0 aromatic heterocycles. The molecular formula is C10H21N3O. The number of nitrogens with one attached hydrogen (secondary N) is 2. The van der Waals surface area contributed by atoms with Crippen LogP contribution in [0.3, 0.4) is 0 Å². The zero-order valence-electron chi connectivity index (χ0n) is 9.39. The number of hydrogen-bond acceptors (Lipinski definition) is 2. The van der Waals surface area contributed by atoms with Crippen molar-refractivity contribution in [2.24, 2.45) is 0 Å². The fraction of sp³-hybridized carbons (Fsp3) is 0.900. The van der Waals surface area contributed by atoms with Crippen LogP contribution >= 0.6 is 0 Å². The topological polar surface area (TPSA) is 44.4 Å². The number of carbonyl (C=O) groups excluding carboxylic acids is 1. The zero-order valence-corrected chi connectivity index (χ0v) is 9.39. The maximum atomic E-state index is 11.5. The van der Waals surface area contributed by atoms with Crippen LogP contribution in [0.2, 0.25) is 0 Å². The van der Waals surface area contributed by atoms with Gasteiger partial charge in [0.25, 0.3) is 0 Å². The van der Waals surface area contributed by atoms with Gasteiger partial charge in [-0.05, 0) is 33.7 Å². The van der Waals surface area contributed by atoms with E-state index in [0.717, 1.165) is 25.9 Å². The lowest BCUT2D eigenvalue weighted by Crippen LogP contribution is -2.53. The first-order valence-electron chi connectivity index (χ1n) is 5.33. The molecule has 0 atom stereocenters. The quantitative estimate of drug-likeness (QED) is 0.690. The lowest BCUT2D eigenvalue weighted by Gasteiger charge is -2.39. The number of likely N-dealkylation sites (tertiary alicyclic amines) is 1. The van der Waals surface area contributed by atoms with Crippen LogP contribution in [-0.2, 0) is 0 Å². The number of hydrogen-bond donors (Lipinski definition) is 2. The Morgan fingerprint density at radius 1 is 1.43 bits per heavy atom.